The van der Waals surface area contributed by atoms with Gasteiger partial charge in [-0.25, -0.2) is 4.98 Å². The summed E-state index contributed by atoms with van der Waals surface area (Å²) in [5, 5.41) is 23.5. The van der Waals surface area contributed by atoms with Crippen LogP contribution >= 0.6 is 11.6 Å². The Morgan fingerprint density at radius 3 is 2.56 bits per heavy atom. The van der Waals surface area contributed by atoms with Crippen LogP contribution in [0.25, 0.3) is 0 Å². The zero-order valence-corrected chi connectivity index (χ0v) is 11.1. The summed E-state index contributed by atoms with van der Waals surface area (Å²) in [7, 11) is 0. The molecule has 100 valence electrons. The van der Waals surface area contributed by atoms with Crippen molar-refractivity contribution in [2.24, 2.45) is 0 Å². The van der Waals surface area contributed by atoms with Crippen LogP contribution < -0.4 is 5.32 Å². The van der Waals surface area contributed by atoms with Crippen LogP contribution in [0.1, 0.15) is 26.7 Å². The Labute approximate surface area is 110 Å². The predicted molar refractivity (Wildman–Crippen MR) is 69.9 cm³/mol. The Hall–Kier alpha value is -1.40. The molecule has 0 aliphatic rings. The minimum Gasteiger partial charge on any atom is -0.394 e. The molecule has 0 unspecified atom stereocenters. The number of hydrogen-bond donors (Lipinski definition) is 2. The standard InChI is InChI=1S/C11H16ClN3O3/c1-3-11(4-2,7-16)14-10-8(15(17)18)5-6-9(12)13-10/h5-6,16H,3-4,7H2,1-2H3,(H,13,14). The summed E-state index contributed by atoms with van der Waals surface area (Å²) in [6.45, 7) is 3.65. The van der Waals surface area contributed by atoms with E-state index in [9.17, 15) is 15.2 Å². The highest BCUT2D eigenvalue weighted by molar-refractivity contribution is 6.29. The summed E-state index contributed by atoms with van der Waals surface area (Å²) in [5.41, 5.74) is -0.776. The van der Waals surface area contributed by atoms with Crippen molar-refractivity contribution in [3.05, 3.63) is 27.4 Å². The van der Waals surface area contributed by atoms with Crippen LogP contribution in [0, 0.1) is 10.1 Å². The molecule has 0 amide bonds. The molecule has 0 aliphatic heterocycles. The van der Waals surface area contributed by atoms with Gasteiger partial charge in [-0.05, 0) is 18.9 Å². The van der Waals surface area contributed by atoms with Crippen molar-refractivity contribution in [3.8, 4) is 0 Å². The summed E-state index contributed by atoms with van der Waals surface area (Å²) in [4.78, 5) is 14.3. The smallest absolute Gasteiger partial charge is 0.311 e. The number of rotatable bonds is 6. The predicted octanol–water partition coefficient (Wildman–Crippen LogP) is 2.61. The second-order valence-electron chi connectivity index (χ2n) is 4.03. The van der Waals surface area contributed by atoms with Crippen molar-refractivity contribution in [3.63, 3.8) is 0 Å². The number of hydrogen-bond acceptors (Lipinski definition) is 5. The van der Waals surface area contributed by atoms with E-state index in [4.69, 9.17) is 11.6 Å². The second kappa shape index (κ2) is 5.97. The van der Waals surface area contributed by atoms with E-state index in [-0.39, 0.29) is 23.3 Å². The molecule has 0 radical (unpaired) electrons. The first kappa shape index (κ1) is 14.7. The molecule has 0 saturated carbocycles. The summed E-state index contributed by atoms with van der Waals surface area (Å²) in [5.74, 6) is 0.0882. The second-order valence-corrected chi connectivity index (χ2v) is 4.42. The van der Waals surface area contributed by atoms with Crippen molar-refractivity contribution in [1.82, 2.24) is 4.98 Å². The lowest BCUT2D eigenvalue weighted by Gasteiger charge is -2.31. The van der Waals surface area contributed by atoms with Crippen LogP contribution in [-0.2, 0) is 0 Å². The van der Waals surface area contributed by atoms with Gasteiger partial charge in [-0.15, -0.1) is 0 Å². The van der Waals surface area contributed by atoms with Gasteiger partial charge in [0.25, 0.3) is 0 Å². The van der Waals surface area contributed by atoms with Crippen molar-refractivity contribution in [1.29, 1.82) is 0 Å². The molecule has 0 aliphatic carbocycles. The molecule has 0 aromatic carbocycles. The SMILES string of the molecule is CCC(CC)(CO)Nc1nc(Cl)ccc1[N+](=O)[O-]. The number of aliphatic hydroxyl groups is 1. The number of nitro groups is 1. The monoisotopic (exact) mass is 273 g/mol. The molecule has 7 heteroatoms. The number of anilines is 1. The molecule has 6 nitrogen and oxygen atoms in total. The molecular weight excluding hydrogens is 258 g/mol. The maximum Gasteiger partial charge on any atom is 0.311 e. The average molecular weight is 274 g/mol. The van der Waals surface area contributed by atoms with E-state index in [0.29, 0.717) is 12.8 Å². The molecule has 1 heterocycles. The Morgan fingerprint density at radius 1 is 1.50 bits per heavy atom. The van der Waals surface area contributed by atoms with Crippen molar-refractivity contribution in [2.75, 3.05) is 11.9 Å². The Bertz CT molecular complexity index is 427. The molecule has 1 aromatic rings. The van der Waals surface area contributed by atoms with Crippen LogP contribution in [0.4, 0.5) is 11.5 Å². The highest BCUT2D eigenvalue weighted by Crippen LogP contribution is 2.29. The minimum absolute atomic E-state index is 0.0882. The highest BCUT2D eigenvalue weighted by atomic mass is 35.5. The van der Waals surface area contributed by atoms with Gasteiger partial charge in [0.05, 0.1) is 17.1 Å². The Kier molecular flexibility index (Phi) is 4.86. The quantitative estimate of drug-likeness (QED) is 0.472. The lowest BCUT2D eigenvalue weighted by molar-refractivity contribution is -0.384. The molecule has 18 heavy (non-hydrogen) atoms. The number of aliphatic hydroxyl groups excluding tert-OH is 1. The van der Waals surface area contributed by atoms with Crippen molar-refractivity contribution >= 4 is 23.1 Å². The van der Waals surface area contributed by atoms with Gasteiger partial charge in [0.2, 0.25) is 5.82 Å². The molecule has 0 saturated heterocycles. The third-order valence-electron chi connectivity index (χ3n) is 3.08. The Balaban J connectivity index is 3.16. The maximum atomic E-state index is 10.9. The molecule has 1 rings (SSSR count). The lowest BCUT2D eigenvalue weighted by Crippen LogP contribution is -2.41. The van der Waals surface area contributed by atoms with E-state index in [1.165, 1.54) is 12.1 Å². The molecule has 1 aromatic heterocycles. The third kappa shape index (κ3) is 3.08. The van der Waals surface area contributed by atoms with E-state index in [0.717, 1.165) is 0 Å². The average Bonchev–Trinajstić information content (AvgIpc) is 2.36. The molecule has 0 fully saturated rings. The highest BCUT2D eigenvalue weighted by Gasteiger charge is 2.29. The third-order valence-corrected chi connectivity index (χ3v) is 3.29. The van der Waals surface area contributed by atoms with E-state index in [2.05, 4.69) is 10.3 Å². The van der Waals surface area contributed by atoms with Crippen LogP contribution in [-0.4, -0.2) is 27.2 Å². The van der Waals surface area contributed by atoms with Gasteiger partial charge in [-0.3, -0.25) is 10.1 Å². The number of nitrogens with zero attached hydrogens (tertiary/aromatic N) is 2. The van der Waals surface area contributed by atoms with E-state index >= 15 is 0 Å². The first-order valence-electron chi connectivity index (χ1n) is 5.68. The van der Waals surface area contributed by atoms with Crippen LogP contribution in [0.2, 0.25) is 5.15 Å². The fourth-order valence-electron chi connectivity index (χ4n) is 1.61. The number of halogens is 1. The first-order chi connectivity index (χ1) is 8.48. The van der Waals surface area contributed by atoms with Gasteiger partial charge >= 0.3 is 5.69 Å². The van der Waals surface area contributed by atoms with Gasteiger partial charge in [0, 0.05) is 6.07 Å². The molecule has 0 atom stereocenters. The van der Waals surface area contributed by atoms with Crippen molar-refractivity contribution < 1.29 is 10.0 Å². The van der Waals surface area contributed by atoms with Gasteiger partial charge < -0.3 is 10.4 Å². The maximum absolute atomic E-state index is 10.9. The van der Waals surface area contributed by atoms with Gasteiger partial charge in [-0.1, -0.05) is 25.4 Å². The summed E-state index contributed by atoms with van der Waals surface area (Å²) in [6.07, 6.45) is 1.23. The van der Waals surface area contributed by atoms with E-state index in [1.807, 2.05) is 13.8 Å². The number of nitrogens with one attached hydrogen (secondary N) is 1. The fraction of sp³-hybridized carbons (Fsp3) is 0.545. The van der Waals surface area contributed by atoms with Crippen molar-refractivity contribution in [2.45, 2.75) is 32.2 Å². The van der Waals surface area contributed by atoms with Gasteiger partial charge in [0.1, 0.15) is 5.15 Å². The van der Waals surface area contributed by atoms with Crippen LogP contribution in [0.5, 0.6) is 0 Å². The summed E-state index contributed by atoms with van der Waals surface area (Å²) in [6, 6.07) is 2.66. The molecule has 0 bridgehead atoms. The topological polar surface area (TPSA) is 88.3 Å². The summed E-state index contributed by atoms with van der Waals surface area (Å²) < 4.78 is 0. The molecule has 0 spiro atoms. The first-order valence-corrected chi connectivity index (χ1v) is 6.05. The normalized spacial score (nSPS) is 11.3. The fourth-order valence-corrected chi connectivity index (χ4v) is 1.76. The zero-order valence-electron chi connectivity index (χ0n) is 10.3. The number of pyridine rings is 1. The number of aromatic nitrogens is 1. The van der Waals surface area contributed by atoms with Crippen LogP contribution in [0.15, 0.2) is 12.1 Å². The van der Waals surface area contributed by atoms with Gasteiger partial charge in [0.15, 0.2) is 0 Å². The molecular formula is C11H16ClN3O3. The largest absolute Gasteiger partial charge is 0.394 e. The van der Waals surface area contributed by atoms with E-state index < -0.39 is 10.5 Å². The summed E-state index contributed by atoms with van der Waals surface area (Å²) >= 11 is 5.74. The lowest BCUT2D eigenvalue weighted by atomic mass is 9.94. The Morgan fingerprint density at radius 2 is 2.11 bits per heavy atom. The molecule has 2 N–H and O–H groups in total. The zero-order chi connectivity index (χ0) is 13.8. The van der Waals surface area contributed by atoms with Gasteiger partial charge in [-0.2, -0.15) is 0 Å². The minimum atomic E-state index is -0.623. The van der Waals surface area contributed by atoms with Crippen LogP contribution in [0.3, 0.4) is 0 Å². The van der Waals surface area contributed by atoms with E-state index in [1.54, 1.807) is 0 Å².